The Hall–Kier alpha value is -1.34. The maximum Gasteiger partial charge on any atom is 0.408 e. The maximum atomic E-state index is 12.1. The van der Waals surface area contributed by atoms with Gasteiger partial charge in [0.05, 0.1) is 32.2 Å². The van der Waals surface area contributed by atoms with Crippen molar-refractivity contribution in [2.75, 3.05) is 26.3 Å². The number of hydrogen-bond donors (Lipinski definition) is 1. The Morgan fingerprint density at radius 2 is 2.21 bits per heavy atom. The summed E-state index contributed by atoms with van der Waals surface area (Å²) in [5.74, 6) is -0.0149. The van der Waals surface area contributed by atoms with Crippen LogP contribution in [0.4, 0.5) is 4.79 Å². The van der Waals surface area contributed by atoms with Crippen molar-refractivity contribution >= 4 is 12.0 Å². The van der Waals surface area contributed by atoms with Crippen molar-refractivity contribution in [3.8, 4) is 0 Å². The number of nitrogens with zero attached hydrogens (tertiary/aromatic N) is 1. The maximum absolute atomic E-state index is 12.1. The van der Waals surface area contributed by atoms with Gasteiger partial charge in [0.25, 0.3) is 0 Å². The summed E-state index contributed by atoms with van der Waals surface area (Å²) in [4.78, 5) is 25.2. The molecule has 2 atom stereocenters. The van der Waals surface area contributed by atoms with Crippen LogP contribution in [0.2, 0.25) is 0 Å². The van der Waals surface area contributed by atoms with Gasteiger partial charge < -0.3 is 24.4 Å². The van der Waals surface area contributed by atoms with Crippen LogP contribution in [0.5, 0.6) is 0 Å². The highest BCUT2D eigenvalue weighted by Gasteiger charge is 2.52. The zero-order valence-electron chi connectivity index (χ0n) is 10.9. The third-order valence-corrected chi connectivity index (χ3v) is 4.07. The number of rotatable bonds is 2. The molecule has 0 aromatic rings. The van der Waals surface area contributed by atoms with Gasteiger partial charge in [0.15, 0.2) is 11.9 Å². The van der Waals surface area contributed by atoms with Crippen LogP contribution in [0.25, 0.3) is 0 Å². The minimum absolute atomic E-state index is 0.0149. The molecule has 1 N–H and O–H groups in total. The van der Waals surface area contributed by atoms with Gasteiger partial charge in [0.1, 0.15) is 0 Å². The quantitative estimate of drug-likeness (QED) is 0.755. The average molecular weight is 270 g/mol. The molecule has 3 rings (SSSR count). The Kier molecular flexibility index (Phi) is 3.10. The van der Waals surface area contributed by atoms with E-state index in [1.807, 2.05) is 6.92 Å². The second kappa shape index (κ2) is 4.64. The number of amides is 2. The normalized spacial score (nSPS) is 34.9. The lowest BCUT2D eigenvalue weighted by molar-refractivity contribution is -0.139. The van der Waals surface area contributed by atoms with Crippen LogP contribution in [-0.4, -0.2) is 61.1 Å². The third kappa shape index (κ3) is 2.28. The minimum Gasteiger partial charge on any atom is -0.439 e. The van der Waals surface area contributed by atoms with E-state index < -0.39 is 18.0 Å². The topological polar surface area (TPSA) is 77.1 Å². The lowest BCUT2D eigenvalue weighted by Gasteiger charge is -2.26. The summed E-state index contributed by atoms with van der Waals surface area (Å²) in [5, 5.41) is 2.73. The summed E-state index contributed by atoms with van der Waals surface area (Å²) >= 11 is 0. The van der Waals surface area contributed by atoms with Gasteiger partial charge in [-0.1, -0.05) is 0 Å². The first-order valence-electron chi connectivity index (χ1n) is 6.59. The van der Waals surface area contributed by atoms with E-state index in [9.17, 15) is 9.59 Å². The lowest BCUT2D eigenvalue weighted by atomic mass is 9.95. The molecule has 0 aromatic heterocycles. The number of carbonyl (C=O) groups is 2. The molecule has 19 heavy (non-hydrogen) atoms. The largest absolute Gasteiger partial charge is 0.439 e. The van der Waals surface area contributed by atoms with Crippen molar-refractivity contribution in [3.63, 3.8) is 0 Å². The molecule has 3 heterocycles. The van der Waals surface area contributed by atoms with Crippen molar-refractivity contribution in [3.05, 3.63) is 0 Å². The standard InChI is InChI=1S/C12H18N2O5/c1-8-12(19-11(16)13-8)2-3-14(7-12)9(15)6-10-17-4-5-18-10/h8,10H,2-7H2,1H3,(H,13,16). The predicted octanol–water partition coefficient (Wildman–Crippen LogP) is -0.151. The van der Waals surface area contributed by atoms with Crippen LogP contribution in [0.1, 0.15) is 19.8 Å². The van der Waals surface area contributed by atoms with E-state index in [2.05, 4.69) is 5.32 Å². The summed E-state index contributed by atoms with van der Waals surface area (Å²) in [7, 11) is 0. The molecular weight excluding hydrogens is 252 g/mol. The Bertz CT molecular complexity index is 396. The second-order valence-corrected chi connectivity index (χ2v) is 5.26. The Labute approximate surface area is 111 Å². The van der Waals surface area contributed by atoms with Crippen LogP contribution >= 0.6 is 0 Å². The van der Waals surface area contributed by atoms with E-state index in [-0.39, 0.29) is 18.4 Å². The van der Waals surface area contributed by atoms with Crippen molar-refractivity contribution in [1.82, 2.24) is 10.2 Å². The Morgan fingerprint density at radius 1 is 1.47 bits per heavy atom. The molecule has 3 aliphatic rings. The van der Waals surface area contributed by atoms with Crippen molar-refractivity contribution < 1.29 is 23.8 Å². The number of carbonyl (C=O) groups excluding carboxylic acids is 2. The SMILES string of the molecule is CC1NC(=O)OC12CCN(C(=O)CC1OCCO1)C2. The second-order valence-electron chi connectivity index (χ2n) is 5.26. The van der Waals surface area contributed by atoms with E-state index in [1.165, 1.54) is 0 Å². The molecule has 3 saturated heterocycles. The molecule has 1 spiro atoms. The van der Waals surface area contributed by atoms with Gasteiger partial charge >= 0.3 is 6.09 Å². The van der Waals surface area contributed by atoms with E-state index in [0.29, 0.717) is 32.7 Å². The van der Waals surface area contributed by atoms with Crippen LogP contribution in [0.3, 0.4) is 0 Å². The molecule has 7 heteroatoms. The molecule has 0 radical (unpaired) electrons. The van der Waals surface area contributed by atoms with E-state index in [0.717, 1.165) is 0 Å². The number of alkyl carbamates (subject to hydrolysis) is 1. The average Bonchev–Trinajstić information content (AvgIpc) is 3.03. The molecule has 0 aliphatic carbocycles. The van der Waals surface area contributed by atoms with E-state index in [4.69, 9.17) is 14.2 Å². The van der Waals surface area contributed by atoms with Gasteiger partial charge in [0.2, 0.25) is 5.91 Å². The fraction of sp³-hybridized carbons (Fsp3) is 0.833. The molecule has 2 amide bonds. The first-order chi connectivity index (χ1) is 9.09. The molecule has 0 saturated carbocycles. The molecular formula is C12H18N2O5. The Balaban J connectivity index is 1.59. The fourth-order valence-corrected chi connectivity index (χ4v) is 2.86. The fourth-order valence-electron chi connectivity index (χ4n) is 2.86. The highest BCUT2D eigenvalue weighted by atomic mass is 16.7. The summed E-state index contributed by atoms with van der Waals surface area (Å²) in [5.41, 5.74) is -0.565. The van der Waals surface area contributed by atoms with Gasteiger partial charge in [-0.25, -0.2) is 4.79 Å². The van der Waals surface area contributed by atoms with Crippen LogP contribution in [-0.2, 0) is 19.0 Å². The molecule has 106 valence electrons. The van der Waals surface area contributed by atoms with Gasteiger partial charge in [-0.05, 0) is 6.92 Å². The highest BCUT2D eigenvalue weighted by Crippen LogP contribution is 2.33. The van der Waals surface area contributed by atoms with Crippen LogP contribution < -0.4 is 5.32 Å². The van der Waals surface area contributed by atoms with Crippen LogP contribution in [0, 0.1) is 0 Å². The monoisotopic (exact) mass is 270 g/mol. The number of hydrogen-bond acceptors (Lipinski definition) is 5. The number of likely N-dealkylation sites (tertiary alicyclic amines) is 1. The summed E-state index contributed by atoms with van der Waals surface area (Å²) in [6.07, 6.45) is 0.0756. The molecule has 2 unspecified atom stereocenters. The predicted molar refractivity (Wildman–Crippen MR) is 63.3 cm³/mol. The summed E-state index contributed by atoms with van der Waals surface area (Å²) < 4.78 is 15.9. The van der Waals surface area contributed by atoms with Gasteiger partial charge in [-0.3, -0.25) is 4.79 Å². The molecule has 7 nitrogen and oxygen atoms in total. The smallest absolute Gasteiger partial charge is 0.408 e. The van der Waals surface area contributed by atoms with Crippen molar-refractivity contribution in [1.29, 1.82) is 0 Å². The first kappa shape index (κ1) is 12.7. The highest BCUT2D eigenvalue weighted by molar-refractivity contribution is 5.78. The summed E-state index contributed by atoms with van der Waals surface area (Å²) in [6, 6.07) is -0.0724. The molecule has 0 bridgehead atoms. The molecule has 3 fully saturated rings. The van der Waals surface area contributed by atoms with Crippen LogP contribution in [0.15, 0.2) is 0 Å². The van der Waals surface area contributed by atoms with Crippen molar-refractivity contribution in [2.24, 2.45) is 0 Å². The molecule has 3 aliphatic heterocycles. The minimum atomic E-state index is -0.565. The first-order valence-corrected chi connectivity index (χ1v) is 6.59. The third-order valence-electron chi connectivity index (χ3n) is 4.07. The zero-order chi connectivity index (χ0) is 13.5. The van der Waals surface area contributed by atoms with E-state index >= 15 is 0 Å². The zero-order valence-corrected chi connectivity index (χ0v) is 10.9. The molecule has 0 aromatic carbocycles. The summed E-state index contributed by atoms with van der Waals surface area (Å²) in [6.45, 7) is 4.03. The number of nitrogens with one attached hydrogen (secondary N) is 1. The lowest BCUT2D eigenvalue weighted by Crippen LogP contribution is -2.45. The van der Waals surface area contributed by atoms with Gasteiger partial charge in [-0.15, -0.1) is 0 Å². The van der Waals surface area contributed by atoms with E-state index in [1.54, 1.807) is 4.90 Å². The number of ether oxygens (including phenoxy) is 3. The van der Waals surface area contributed by atoms with Gasteiger partial charge in [-0.2, -0.15) is 0 Å². The van der Waals surface area contributed by atoms with Crippen molar-refractivity contribution in [2.45, 2.75) is 37.7 Å². The Morgan fingerprint density at radius 3 is 2.84 bits per heavy atom. The van der Waals surface area contributed by atoms with Gasteiger partial charge in [0, 0.05) is 13.0 Å².